The summed E-state index contributed by atoms with van der Waals surface area (Å²) in [7, 11) is 4.29. The molecule has 0 aromatic rings. The van der Waals surface area contributed by atoms with Crippen LogP contribution in [0.15, 0.2) is 0 Å². The highest BCUT2D eigenvalue weighted by atomic mass is 16.5. The Morgan fingerprint density at radius 3 is 2.80 bits per heavy atom. The quantitative estimate of drug-likeness (QED) is 0.414. The molecule has 0 amide bonds. The zero-order chi connectivity index (χ0) is 7.56. The van der Waals surface area contributed by atoms with Gasteiger partial charge in [-0.05, 0) is 6.42 Å². The molecule has 0 aliphatic carbocycles. The monoisotopic (exact) mass is 139 g/mol. The zero-order valence-corrected chi connectivity index (χ0v) is 7.13. The molecule has 0 radical (unpaired) electrons. The third-order valence-electron chi connectivity index (χ3n) is 1.96. The maximum atomic E-state index is 5.66. The minimum Gasteiger partial charge on any atom is -0.381 e. The van der Waals surface area contributed by atoms with Gasteiger partial charge in [0.05, 0.1) is 6.10 Å². The van der Waals surface area contributed by atoms with Crippen LogP contribution in [0.5, 0.6) is 0 Å². The predicted molar refractivity (Wildman–Crippen MR) is 47.6 cm³/mol. The SMILES string of the molecule is BC1CN(B)CC(CC)O1. The van der Waals surface area contributed by atoms with E-state index in [1.165, 1.54) is 0 Å². The number of morpholine rings is 1. The molecule has 1 aliphatic heterocycles. The van der Waals surface area contributed by atoms with Crippen LogP contribution in [-0.4, -0.2) is 45.8 Å². The van der Waals surface area contributed by atoms with Gasteiger partial charge in [-0.25, -0.2) is 0 Å². The van der Waals surface area contributed by atoms with E-state index >= 15 is 0 Å². The predicted octanol–water partition coefficient (Wildman–Crippen LogP) is -1.40. The van der Waals surface area contributed by atoms with Gasteiger partial charge in [0.15, 0.2) is 7.98 Å². The molecule has 1 rings (SSSR count). The summed E-state index contributed by atoms with van der Waals surface area (Å²) in [6.45, 7) is 4.36. The Bertz CT molecular complexity index is 102. The van der Waals surface area contributed by atoms with Gasteiger partial charge in [-0.1, -0.05) is 6.92 Å². The van der Waals surface area contributed by atoms with Crippen molar-refractivity contribution < 1.29 is 4.74 Å². The van der Waals surface area contributed by atoms with Crippen molar-refractivity contribution >= 4 is 15.8 Å². The van der Waals surface area contributed by atoms with Gasteiger partial charge < -0.3 is 9.55 Å². The third kappa shape index (κ3) is 2.03. The Hall–Kier alpha value is 0.0499. The average molecular weight is 139 g/mol. The fourth-order valence-corrected chi connectivity index (χ4v) is 1.50. The standard InChI is InChI=1S/C6H15B2NO/c1-2-5-3-9(8)4-6(7)10-5/h5-6H,2-4,7-8H2,1H3. The molecule has 1 saturated heterocycles. The zero-order valence-electron chi connectivity index (χ0n) is 7.13. The van der Waals surface area contributed by atoms with Crippen LogP contribution in [0.1, 0.15) is 13.3 Å². The van der Waals surface area contributed by atoms with Gasteiger partial charge in [-0.3, -0.25) is 0 Å². The first-order valence-electron chi connectivity index (χ1n) is 4.06. The van der Waals surface area contributed by atoms with E-state index in [4.69, 9.17) is 4.74 Å². The van der Waals surface area contributed by atoms with Crippen LogP contribution >= 0.6 is 0 Å². The first-order valence-corrected chi connectivity index (χ1v) is 4.06. The smallest absolute Gasteiger partial charge is 0.185 e. The first kappa shape index (κ1) is 8.15. The van der Waals surface area contributed by atoms with E-state index < -0.39 is 0 Å². The lowest BCUT2D eigenvalue weighted by atomic mass is 9.95. The van der Waals surface area contributed by atoms with Crippen LogP contribution in [0.2, 0.25) is 0 Å². The molecule has 2 nitrogen and oxygen atoms in total. The second kappa shape index (κ2) is 3.44. The summed E-state index contributed by atoms with van der Waals surface area (Å²) in [6, 6.07) is 0.420. The number of ether oxygens (including phenoxy) is 1. The lowest BCUT2D eigenvalue weighted by Gasteiger charge is -2.34. The van der Waals surface area contributed by atoms with E-state index in [1.807, 2.05) is 0 Å². The second-order valence-corrected chi connectivity index (χ2v) is 3.20. The fourth-order valence-electron chi connectivity index (χ4n) is 1.50. The van der Waals surface area contributed by atoms with Crippen molar-refractivity contribution in [1.82, 2.24) is 4.81 Å². The Labute approximate surface area is 64.8 Å². The summed E-state index contributed by atoms with van der Waals surface area (Å²) in [4.78, 5) is 2.34. The Morgan fingerprint density at radius 2 is 2.30 bits per heavy atom. The van der Waals surface area contributed by atoms with E-state index in [1.54, 1.807) is 0 Å². The van der Waals surface area contributed by atoms with Gasteiger partial charge in [0.1, 0.15) is 7.85 Å². The molecule has 1 aliphatic rings. The molecule has 0 saturated carbocycles. The highest BCUT2D eigenvalue weighted by Crippen LogP contribution is 2.09. The van der Waals surface area contributed by atoms with Crippen LogP contribution in [-0.2, 0) is 4.74 Å². The topological polar surface area (TPSA) is 12.5 Å². The summed E-state index contributed by atoms with van der Waals surface area (Å²) >= 11 is 0. The minimum absolute atomic E-state index is 0.420. The highest BCUT2D eigenvalue weighted by Gasteiger charge is 2.20. The summed E-state index contributed by atoms with van der Waals surface area (Å²) in [5.74, 6) is 0. The molecule has 0 aromatic heterocycles. The molecule has 2 atom stereocenters. The van der Waals surface area contributed by atoms with Crippen LogP contribution in [0.3, 0.4) is 0 Å². The molecule has 0 bridgehead atoms. The molecule has 0 aromatic carbocycles. The van der Waals surface area contributed by atoms with Crippen molar-refractivity contribution in [2.24, 2.45) is 0 Å². The highest BCUT2D eigenvalue weighted by molar-refractivity contribution is 6.12. The van der Waals surface area contributed by atoms with E-state index in [0.717, 1.165) is 19.5 Å². The van der Waals surface area contributed by atoms with Crippen LogP contribution in [0, 0.1) is 0 Å². The van der Waals surface area contributed by atoms with Crippen LogP contribution in [0.25, 0.3) is 0 Å². The normalized spacial score (nSPS) is 36.1. The number of hydrogen-bond donors (Lipinski definition) is 0. The van der Waals surface area contributed by atoms with Gasteiger partial charge in [0, 0.05) is 19.1 Å². The van der Waals surface area contributed by atoms with Gasteiger partial charge in [0.2, 0.25) is 0 Å². The molecule has 1 fully saturated rings. The third-order valence-corrected chi connectivity index (χ3v) is 1.96. The van der Waals surface area contributed by atoms with Crippen molar-refractivity contribution in [3.8, 4) is 0 Å². The average Bonchev–Trinajstić information content (AvgIpc) is 1.85. The van der Waals surface area contributed by atoms with Gasteiger partial charge in [-0.15, -0.1) is 0 Å². The summed E-state index contributed by atoms with van der Waals surface area (Å²) < 4.78 is 5.66. The molecular weight excluding hydrogens is 124 g/mol. The number of rotatable bonds is 1. The largest absolute Gasteiger partial charge is 0.381 e. The molecule has 4 heteroatoms. The maximum Gasteiger partial charge on any atom is 0.185 e. The summed E-state index contributed by atoms with van der Waals surface area (Å²) in [5.41, 5.74) is 0. The van der Waals surface area contributed by atoms with E-state index in [9.17, 15) is 0 Å². The number of hydrogen-bond acceptors (Lipinski definition) is 2. The van der Waals surface area contributed by atoms with E-state index in [-0.39, 0.29) is 0 Å². The first-order chi connectivity index (χ1) is 4.72. The molecule has 0 spiro atoms. The summed E-state index contributed by atoms with van der Waals surface area (Å²) in [5, 5.41) is 0. The van der Waals surface area contributed by atoms with Crippen molar-refractivity contribution in [3.63, 3.8) is 0 Å². The number of nitrogens with zero attached hydrogens (tertiary/aromatic N) is 1. The van der Waals surface area contributed by atoms with Gasteiger partial charge in [-0.2, -0.15) is 0 Å². The van der Waals surface area contributed by atoms with Crippen LogP contribution < -0.4 is 0 Å². The fraction of sp³-hybridized carbons (Fsp3) is 1.00. The molecule has 2 unspecified atom stereocenters. The van der Waals surface area contributed by atoms with Gasteiger partial charge in [0.25, 0.3) is 0 Å². The molecule has 10 heavy (non-hydrogen) atoms. The lowest BCUT2D eigenvalue weighted by molar-refractivity contribution is -0.0252. The van der Waals surface area contributed by atoms with Crippen molar-refractivity contribution in [2.75, 3.05) is 13.1 Å². The van der Waals surface area contributed by atoms with Crippen molar-refractivity contribution in [1.29, 1.82) is 0 Å². The Kier molecular flexibility index (Phi) is 2.81. The van der Waals surface area contributed by atoms with E-state index in [0.29, 0.717) is 12.1 Å². The van der Waals surface area contributed by atoms with Gasteiger partial charge >= 0.3 is 0 Å². The molecule has 1 heterocycles. The van der Waals surface area contributed by atoms with Crippen molar-refractivity contribution in [3.05, 3.63) is 0 Å². The lowest BCUT2D eigenvalue weighted by Crippen LogP contribution is -2.46. The second-order valence-electron chi connectivity index (χ2n) is 3.20. The summed E-state index contributed by atoms with van der Waals surface area (Å²) in [6.07, 6.45) is 1.60. The van der Waals surface area contributed by atoms with E-state index in [2.05, 4.69) is 27.6 Å². The van der Waals surface area contributed by atoms with Crippen molar-refractivity contribution in [2.45, 2.75) is 25.5 Å². The van der Waals surface area contributed by atoms with Crippen LogP contribution in [0.4, 0.5) is 0 Å². The Balaban J connectivity index is 2.35. The molecular formula is C6H15B2NO. The Morgan fingerprint density at radius 1 is 1.60 bits per heavy atom. The molecule has 56 valence electrons. The molecule has 0 N–H and O–H groups in total. The minimum atomic E-state index is 0.420. The maximum absolute atomic E-state index is 5.66.